The first kappa shape index (κ1) is 15.4. The molecule has 20 heavy (non-hydrogen) atoms. The topological polar surface area (TPSA) is 85.5 Å². The Morgan fingerprint density at radius 1 is 1.50 bits per heavy atom. The fraction of sp³-hybridized carbons (Fsp3) is 0.615. The lowest BCUT2D eigenvalue weighted by atomic mass is 9.96. The van der Waals surface area contributed by atoms with Gasteiger partial charge in [-0.25, -0.2) is 8.42 Å². The fourth-order valence-corrected chi connectivity index (χ4v) is 3.90. The molecule has 0 amide bonds. The van der Waals surface area contributed by atoms with Crippen molar-refractivity contribution in [3.8, 4) is 0 Å². The third-order valence-electron chi connectivity index (χ3n) is 3.76. The molecule has 2 rings (SSSR count). The molecule has 7 heteroatoms. The van der Waals surface area contributed by atoms with Gasteiger partial charge in [0.25, 0.3) is 0 Å². The van der Waals surface area contributed by atoms with E-state index in [1.54, 1.807) is 19.2 Å². The first-order chi connectivity index (χ1) is 9.41. The van der Waals surface area contributed by atoms with Crippen LogP contribution in [-0.4, -0.2) is 43.5 Å². The average Bonchev–Trinajstić information content (AvgIpc) is 2.47. The van der Waals surface area contributed by atoms with Gasteiger partial charge in [-0.1, -0.05) is 0 Å². The van der Waals surface area contributed by atoms with Gasteiger partial charge < -0.3 is 10.5 Å². The van der Waals surface area contributed by atoms with Crippen LogP contribution in [0.25, 0.3) is 0 Å². The summed E-state index contributed by atoms with van der Waals surface area (Å²) in [5, 5.41) is 0. The van der Waals surface area contributed by atoms with Crippen LogP contribution in [0.1, 0.15) is 25.5 Å². The smallest absolute Gasteiger partial charge is 0.244 e. The standard InChI is InChI=1S/C13H21N3O3S/c1-13(19-2)6-3-7-16(10-13)20(17,18)12-5-4-11(8-14)15-9-12/h4-5,9H,3,6-8,10,14H2,1-2H3. The maximum absolute atomic E-state index is 12.6. The molecule has 0 saturated carbocycles. The number of pyridine rings is 1. The summed E-state index contributed by atoms with van der Waals surface area (Å²) in [5.41, 5.74) is 5.72. The quantitative estimate of drug-likeness (QED) is 0.886. The zero-order valence-corrected chi connectivity index (χ0v) is 12.7. The molecule has 0 bridgehead atoms. The predicted octanol–water partition coefficient (Wildman–Crippen LogP) is 0.730. The molecular weight excluding hydrogens is 278 g/mol. The number of aromatic nitrogens is 1. The Kier molecular flexibility index (Phi) is 4.43. The Hall–Kier alpha value is -1.02. The number of nitrogens with zero attached hydrogens (tertiary/aromatic N) is 2. The van der Waals surface area contributed by atoms with E-state index in [4.69, 9.17) is 10.5 Å². The largest absolute Gasteiger partial charge is 0.377 e. The third kappa shape index (κ3) is 3.01. The molecule has 0 radical (unpaired) electrons. The first-order valence-electron chi connectivity index (χ1n) is 6.61. The molecule has 1 unspecified atom stereocenters. The van der Waals surface area contributed by atoms with Gasteiger partial charge in [0.15, 0.2) is 0 Å². The number of ether oxygens (including phenoxy) is 1. The summed E-state index contributed by atoms with van der Waals surface area (Å²) < 4.78 is 32.1. The van der Waals surface area contributed by atoms with Crippen molar-refractivity contribution in [3.63, 3.8) is 0 Å². The van der Waals surface area contributed by atoms with Gasteiger partial charge in [0.2, 0.25) is 10.0 Å². The summed E-state index contributed by atoms with van der Waals surface area (Å²) in [6, 6.07) is 3.20. The molecule has 0 aliphatic carbocycles. The van der Waals surface area contributed by atoms with Crippen molar-refractivity contribution in [2.24, 2.45) is 5.73 Å². The molecule has 1 saturated heterocycles. The van der Waals surface area contributed by atoms with Gasteiger partial charge in [-0.3, -0.25) is 4.98 Å². The summed E-state index contributed by atoms with van der Waals surface area (Å²) in [7, 11) is -1.90. The SMILES string of the molecule is COC1(C)CCCN(S(=O)(=O)c2ccc(CN)nc2)C1. The van der Waals surface area contributed by atoms with Crippen LogP contribution in [-0.2, 0) is 21.3 Å². The van der Waals surface area contributed by atoms with E-state index in [1.807, 2.05) is 6.92 Å². The van der Waals surface area contributed by atoms with E-state index in [1.165, 1.54) is 10.5 Å². The predicted molar refractivity (Wildman–Crippen MR) is 75.5 cm³/mol. The minimum atomic E-state index is -3.52. The summed E-state index contributed by atoms with van der Waals surface area (Å²) in [6.45, 7) is 3.11. The van der Waals surface area contributed by atoms with E-state index < -0.39 is 15.6 Å². The van der Waals surface area contributed by atoms with Crippen LogP contribution in [0.3, 0.4) is 0 Å². The van der Waals surface area contributed by atoms with Gasteiger partial charge in [-0.05, 0) is 31.9 Å². The second-order valence-corrected chi connectivity index (χ2v) is 7.22. The lowest BCUT2D eigenvalue weighted by Gasteiger charge is -2.38. The van der Waals surface area contributed by atoms with Gasteiger partial charge in [0.05, 0.1) is 11.3 Å². The lowest BCUT2D eigenvalue weighted by Crippen LogP contribution is -2.49. The van der Waals surface area contributed by atoms with Crippen molar-refractivity contribution in [3.05, 3.63) is 24.0 Å². The van der Waals surface area contributed by atoms with Gasteiger partial charge in [0.1, 0.15) is 4.90 Å². The highest BCUT2D eigenvalue weighted by Crippen LogP contribution is 2.28. The summed E-state index contributed by atoms with van der Waals surface area (Å²) in [5.74, 6) is 0. The van der Waals surface area contributed by atoms with Crippen LogP contribution in [0, 0.1) is 0 Å². The van der Waals surface area contributed by atoms with Gasteiger partial charge in [0, 0.05) is 32.9 Å². The molecule has 2 N–H and O–H groups in total. The van der Waals surface area contributed by atoms with Crippen molar-refractivity contribution in [1.82, 2.24) is 9.29 Å². The van der Waals surface area contributed by atoms with Crippen molar-refractivity contribution in [1.29, 1.82) is 0 Å². The maximum Gasteiger partial charge on any atom is 0.244 e. The van der Waals surface area contributed by atoms with Crippen molar-refractivity contribution in [2.45, 2.75) is 36.8 Å². The van der Waals surface area contributed by atoms with E-state index in [0.717, 1.165) is 12.8 Å². The second-order valence-electron chi connectivity index (χ2n) is 5.29. The van der Waals surface area contributed by atoms with Gasteiger partial charge >= 0.3 is 0 Å². The summed E-state index contributed by atoms with van der Waals surface area (Å²) >= 11 is 0. The molecule has 0 spiro atoms. The summed E-state index contributed by atoms with van der Waals surface area (Å²) in [4.78, 5) is 4.26. The molecule has 6 nitrogen and oxygen atoms in total. The fourth-order valence-electron chi connectivity index (χ4n) is 2.37. The molecule has 112 valence electrons. The Labute approximate surface area is 120 Å². The number of piperidine rings is 1. The number of hydrogen-bond acceptors (Lipinski definition) is 5. The molecule has 2 heterocycles. The number of sulfonamides is 1. The molecule has 1 aromatic heterocycles. The number of nitrogens with two attached hydrogens (primary N) is 1. The molecule has 1 fully saturated rings. The van der Waals surface area contributed by atoms with Gasteiger partial charge in [-0.15, -0.1) is 0 Å². The minimum absolute atomic E-state index is 0.204. The van der Waals surface area contributed by atoms with E-state index in [9.17, 15) is 8.42 Å². The molecule has 1 aliphatic rings. The van der Waals surface area contributed by atoms with Crippen molar-refractivity contribution < 1.29 is 13.2 Å². The Morgan fingerprint density at radius 3 is 2.80 bits per heavy atom. The summed E-state index contributed by atoms with van der Waals surface area (Å²) in [6.07, 6.45) is 3.02. The van der Waals surface area contributed by atoms with Crippen LogP contribution < -0.4 is 5.73 Å². The van der Waals surface area contributed by atoms with E-state index in [0.29, 0.717) is 25.3 Å². The van der Waals surface area contributed by atoms with Crippen molar-refractivity contribution in [2.75, 3.05) is 20.2 Å². The molecular formula is C13H21N3O3S. The van der Waals surface area contributed by atoms with E-state index >= 15 is 0 Å². The van der Waals surface area contributed by atoms with Crippen LogP contribution in [0.2, 0.25) is 0 Å². The normalized spacial score (nSPS) is 24.8. The number of hydrogen-bond donors (Lipinski definition) is 1. The maximum atomic E-state index is 12.6. The van der Waals surface area contributed by atoms with Crippen LogP contribution >= 0.6 is 0 Å². The molecule has 0 aromatic carbocycles. The number of rotatable bonds is 4. The average molecular weight is 299 g/mol. The third-order valence-corrected chi connectivity index (χ3v) is 5.59. The second kappa shape index (κ2) is 5.77. The highest BCUT2D eigenvalue weighted by Gasteiger charge is 2.37. The number of methoxy groups -OCH3 is 1. The Bertz CT molecular complexity index is 559. The van der Waals surface area contributed by atoms with E-state index in [-0.39, 0.29) is 4.90 Å². The minimum Gasteiger partial charge on any atom is -0.377 e. The molecule has 1 aliphatic heterocycles. The van der Waals surface area contributed by atoms with Crippen LogP contribution in [0.4, 0.5) is 0 Å². The monoisotopic (exact) mass is 299 g/mol. The molecule has 1 aromatic rings. The van der Waals surface area contributed by atoms with E-state index in [2.05, 4.69) is 4.98 Å². The zero-order chi connectivity index (χ0) is 14.8. The van der Waals surface area contributed by atoms with Crippen LogP contribution in [0.5, 0.6) is 0 Å². The molecule has 1 atom stereocenters. The Balaban J connectivity index is 2.25. The highest BCUT2D eigenvalue weighted by atomic mass is 32.2. The lowest BCUT2D eigenvalue weighted by molar-refractivity contribution is -0.0319. The van der Waals surface area contributed by atoms with Crippen LogP contribution in [0.15, 0.2) is 23.2 Å². The van der Waals surface area contributed by atoms with Crippen molar-refractivity contribution >= 4 is 10.0 Å². The highest BCUT2D eigenvalue weighted by molar-refractivity contribution is 7.89. The van der Waals surface area contributed by atoms with Gasteiger partial charge in [-0.2, -0.15) is 4.31 Å². The first-order valence-corrected chi connectivity index (χ1v) is 8.05. The zero-order valence-electron chi connectivity index (χ0n) is 11.9. The Morgan fingerprint density at radius 2 is 2.25 bits per heavy atom.